The molecule has 2 aromatic rings. The molecule has 1 atom stereocenters. The van der Waals surface area contributed by atoms with Crippen LogP contribution in [0, 0.1) is 13.8 Å². The number of ether oxygens (including phenoxy) is 1. The Balaban J connectivity index is 1.78. The van der Waals surface area contributed by atoms with Gasteiger partial charge in [-0.1, -0.05) is 13.8 Å². The van der Waals surface area contributed by atoms with Crippen molar-refractivity contribution in [2.45, 2.75) is 46.2 Å². The molecule has 1 aliphatic heterocycles. The zero-order valence-electron chi connectivity index (χ0n) is 14.5. The van der Waals surface area contributed by atoms with Crippen molar-refractivity contribution < 1.29 is 13.9 Å². The van der Waals surface area contributed by atoms with Gasteiger partial charge in [0.25, 0.3) is 0 Å². The van der Waals surface area contributed by atoms with Gasteiger partial charge < -0.3 is 14.1 Å². The Morgan fingerprint density at radius 1 is 1.38 bits per heavy atom. The van der Waals surface area contributed by atoms with E-state index in [1.54, 1.807) is 9.58 Å². The largest absolute Gasteiger partial charge is 0.423 e. The van der Waals surface area contributed by atoms with Crippen molar-refractivity contribution in [3.05, 3.63) is 29.2 Å². The number of rotatable bonds is 4. The Morgan fingerprint density at radius 2 is 2.17 bits per heavy atom. The molecule has 1 aliphatic rings. The Hall–Kier alpha value is -2.22. The van der Waals surface area contributed by atoms with E-state index >= 15 is 0 Å². The molecule has 0 aliphatic carbocycles. The van der Waals surface area contributed by atoms with Gasteiger partial charge in [-0.05, 0) is 19.9 Å². The van der Waals surface area contributed by atoms with E-state index in [2.05, 4.69) is 15.3 Å². The number of hydrogen-bond donors (Lipinski definition) is 0. The summed E-state index contributed by atoms with van der Waals surface area (Å²) in [7, 11) is 0. The number of nitrogens with zero attached hydrogens (tertiary/aromatic N) is 5. The SMILES string of the molecule is Cc1cc(C)n(CC(=O)N2CCOCC2c2nnc(C(C)C)o2)n1. The topological polar surface area (TPSA) is 86.3 Å². The second-order valence-electron chi connectivity index (χ2n) is 6.40. The Labute approximate surface area is 140 Å². The van der Waals surface area contributed by atoms with E-state index in [9.17, 15) is 4.79 Å². The monoisotopic (exact) mass is 333 g/mol. The van der Waals surface area contributed by atoms with Gasteiger partial charge in [0, 0.05) is 18.2 Å². The molecule has 8 heteroatoms. The summed E-state index contributed by atoms with van der Waals surface area (Å²) in [5.41, 5.74) is 1.86. The van der Waals surface area contributed by atoms with Crippen LogP contribution < -0.4 is 0 Å². The maximum Gasteiger partial charge on any atom is 0.245 e. The summed E-state index contributed by atoms with van der Waals surface area (Å²) in [4.78, 5) is 14.5. The number of carbonyl (C=O) groups is 1. The normalized spacial score (nSPS) is 18.4. The molecule has 1 amide bonds. The second kappa shape index (κ2) is 6.72. The van der Waals surface area contributed by atoms with Crippen molar-refractivity contribution in [3.8, 4) is 0 Å². The van der Waals surface area contributed by atoms with Gasteiger partial charge >= 0.3 is 0 Å². The summed E-state index contributed by atoms with van der Waals surface area (Å²) in [6.45, 7) is 9.39. The van der Waals surface area contributed by atoms with Crippen LogP contribution in [0.15, 0.2) is 10.5 Å². The molecule has 8 nitrogen and oxygen atoms in total. The van der Waals surface area contributed by atoms with Crippen LogP contribution in [0.2, 0.25) is 0 Å². The quantitative estimate of drug-likeness (QED) is 0.845. The van der Waals surface area contributed by atoms with Gasteiger partial charge in [0.05, 0.1) is 18.9 Å². The lowest BCUT2D eigenvalue weighted by Gasteiger charge is -2.33. The lowest BCUT2D eigenvalue weighted by Crippen LogP contribution is -2.45. The highest BCUT2D eigenvalue weighted by Crippen LogP contribution is 2.25. The molecule has 3 heterocycles. The summed E-state index contributed by atoms with van der Waals surface area (Å²) in [5.74, 6) is 1.12. The van der Waals surface area contributed by atoms with E-state index in [1.165, 1.54) is 0 Å². The van der Waals surface area contributed by atoms with Crippen LogP contribution in [-0.4, -0.2) is 50.5 Å². The minimum atomic E-state index is -0.344. The fourth-order valence-electron chi connectivity index (χ4n) is 2.78. The minimum Gasteiger partial charge on any atom is -0.423 e. The average molecular weight is 333 g/mol. The molecular formula is C16H23N5O3. The maximum atomic E-state index is 12.8. The summed E-state index contributed by atoms with van der Waals surface area (Å²) in [5, 5.41) is 12.5. The number of hydrogen-bond acceptors (Lipinski definition) is 6. The highest BCUT2D eigenvalue weighted by Gasteiger charge is 2.33. The summed E-state index contributed by atoms with van der Waals surface area (Å²) in [6.07, 6.45) is 0. The van der Waals surface area contributed by atoms with Gasteiger partial charge in [-0.2, -0.15) is 5.10 Å². The first-order valence-corrected chi connectivity index (χ1v) is 8.17. The van der Waals surface area contributed by atoms with Gasteiger partial charge in [0.1, 0.15) is 12.6 Å². The van der Waals surface area contributed by atoms with Crippen LogP contribution in [0.1, 0.15) is 49.0 Å². The Morgan fingerprint density at radius 3 is 2.79 bits per heavy atom. The minimum absolute atomic E-state index is 0.0289. The molecule has 0 aromatic carbocycles. The summed E-state index contributed by atoms with van der Waals surface area (Å²) in [6, 6.07) is 1.61. The highest BCUT2D eigenvalue weighted by molar-refractivity contribution is 5.76. The molecule has 1 saturated heterocycles. The van der Waals surface area contributed by atoms with Gasteiger partial charge in [-0.15, -0.1) is 10.2 Å². The third-order valence-corrected chi connectivity index (χ3v) is 4.07. The molecule has 24 heavy (non-hydrogen) atoms. The fraction of sp³-hybridized carbons (Fsp3) is 0.625. The second-order valence-corrected chi connectivity index (χ2v) is 6.40. The van der Waals surface area contributed by atoms with E-state index < -0.39 is 0 Å². The van der Waals surface area contributed by atoms with Crippen molar-refractivity contribution in [2.24, 2.45) is 0 Å². The van der Waals surface area contributed by atoms with Crippen LogP contribution in [0.25, 0.3) is 0 Å². The predicted molar refractivity (Wildman–Crippen MR) is 85.4 cm³/mol. The number of aryl methyl sites for hydroxylation is 2. The smallest absolute Gasteiger partial charge is 0.245 e. The molecule has 0 bridgehead atoms. The molecule has 1 fully saturated rings. The first kappa shape index (κ1) is 16.6. The summed E-state index contributed by atoms with van der Waals surface area (Å²) >= 11 is 0. The zero-order chi connectivity index (χ0) is 17.3. The van der Waals surface area contributed by atoms with Crippen LogP contribution in [-0.2, 0) is 16.1 Å². The molecule has 0 radical (unpaired) electrons. The lowest BCUT2D eigenvalue weighted by molar-refractivity contribution is -0.142. The fourth-order valence-corrected chi connectivity index (χ4v) is 2.78. The standard InChI is InChI=1S/C16H23N5O3/c1-10(2)15-17-18-16(24-15)13-9-23-6-5-20(13)14(22)8-21-12(4)7-11(3)19-21/h7,10,13H,5-6,8-9H2,1-4H3. The van der Waals surface area contributed by atoms with Crippen molar-refractivity contribution in [2.75, 3.05) is 19.8 Å². The first-order valence-electron chi connectivity index (χ1n) is 8.17. The van der Waals surface area contributed by atoms with Gasteiger partial charge in [-0.25, -0.2) is 0 Å². The average Bonchev–Trinajstić information content (AvgIpc) is 3.14. The Kier molecular flexibility index (Phi) is 4.66. The molecule has 130 valence electrons. The van der Waals surface area contributed by atoms with E-state index in [4.69, 9.17) is 9.15 Å². The lowest BCUT2D eigenvalue weighted by atomic mass is 10.2. The van der Waals surface area contributed by atoms with Crippen molar-refractivity contribution in [1.82, 2.24) is 24.9 Å². The van der Waals surface area contributed by atoms with Gasteiger partial charge in [0.15, 0.2) is 0 Å². The number of carbonyl (C=O) groups excluding carboxylic acids is 1. The molecule has 0 spiro atoms. The molecule has 0 saturated carbocycles. The third-order valence-electron chi connectivity index (χ3n) is 4.07. The van der Waals surface area contributed by atoms with Gasteiger partial charge in [-0.3, -0.25) is 9.48 Å². The summed E-state index contributed by atoms with van der Waals surface area (Å²) < 4.78 is 13.0. The number of aromatic nitrogens is 4. The van der Waals surface area contributed by atoms with E-state index in [0.717, 1.165) is 11.4 Å². The Bertz CT molecular complexity index is 721. The maximum absolute atomic E-state index is 12.8. The number of morpholine rings is 1. The zero-order valence-corrected chi connectivity index (χ0v) is 14.5. The van der Waals surface area contributed by atoms with Gasteiger partial charge in [0.2, 0.25) is 17.7 Å². The predicted octanol–water partition coefficient (Wildman–Crippen LogP) is 1.61. The van der Waals surface area contributed by atoms with E-state index in [0.29, 0.717) is 31.5 Å². The molecule has 3 rings (SSSR count). The van der Waals surface area contributed by atoms with Crippen LogP contribution in [0.3, 0.4) is 0 Å². The van der Waals surface area contributed by atoms with Crippen LogP contribution >= 0.6 is 0 Å². The van der Waals surface area contributed by atoms with Crippen LogP contribution in [0.5, 0.6) is 0 Å². The van der Waals surface area contributed by atoms with Crippen LogP contribution in [0.4, 0.5) is 0 Å². The van der Waals surface area contributed by atoms with E-state index in [-0.39, 0.29) is 24.4 Å². The van der Waals surface area contributed by atoms with Crippen molar-refractivity contribution in [3.63, 3.8) is 0 Å². The van der Waals surface area contributed by atoms with Crippen molar-refractivity contribution in [1.29, 1.82) is 0 Å². The first-order chi connectivity index (χ1) is 11.5. The molecule has 1 unspecified atom stereocenters. The van der Waals surface area contributed by atoms with E-state index in [1.807, 2.05) is 33.8 Å². The highest BCUT2D eigenvalue weighted by atomic mass is 16.5. The number of amides is 1. The third kappa shape index (κ3) is 3.33. The molecule has 2 aromatic heterocycles. The van der Waals surface area contributed by atoms with Crippen molar-refractivity contribution >= 4 is 5.91 Å². The molecule has 0 N–H and O–H groups in total. The molecular weight excluding hydrogens is 310 g/mol.